The van der Waals surface area contributed by atoms with Crippen LogP contribution >= 0.6 is 0 Å². The second-order valence-electron chi connectivity index (χ2n) is 6.80. The van der Waals surface area contributed by atoms with E-state index in [4.69, 9.17) is 4.74 Å². The fraction of sp³-hybridized carbons (Fsp3) is 0.773. The third-order valence-electron chi connectivity index (χ3n) is 4.44. The fourth-order valence-electron chi connectivity index (χ4n) is 2.76. The molecular formula is C22H40O2. The summed E-state index contributed by atoms with van der Waals surface area (Å²) >= 11 is 0. The van der Waals surface area contributed by atoms with Crippen molar-refractivity contribution in [2.24, 2.45) is 5.92 Å². The largest absolute Gasteiger partial charge is 0.469 e. The third kappa shape index (κ3) is 15.8. The van der Waals surface area contributed by atoms with Crippen LogP contribution in [0.25, 0.3) is 0 Å². The van der Waals surface area contributed by atoms with Crippen LogP contribution in [0.4, 0.5) is 0 Å². The number of hydrogen-bond acceptors (Lipinski definition) is 2. The van der Waals surface area contributed by atoms with Crippen molar-refractivity contribution in [3.63, 3.8) is 0 Å². The number of ether oxygens (including phenoxy) is 1. The van der Waals surface area contributed by atoms with E-state index >= 15 is 0 Å². The first-order valence-electron chi connectivity index (χ1n) is 10.1. The van der Waals surface area contributed by atoms with E-state index in [0.29, 0.717) is 0 Å². The van der Waals surface area contributed by atoms with Crippen LogP contribution in [-0.2, 0) is 9.53 Å². The molecular weight excluding hydrogens is 296 g/mol. The van der Waals surface area contributed by atoms with Gasteiger partial charge in [-0.05, 0) is 38.5 Å². The van der Waals surface area contributed by atoms with E-state index in [1.54, 1.807) is 0 Å². The van der Waals surface area contributed by atoms with Crippen molar-refractivity contribution in [3.8, 4) is 0 Å². The maximum atomic E-state index is 11.3. The average molecular weight is 337 g/mol. The molecule has 0 aliphatic carbocycles. The fourth-order valence-corrected chi connectivity index (χ4v) is 2.76. The van der Waals surface area contributed by atoms with E-state index in [1.165, 1.54) is 71.3 Å². The molecule has 0 saturated carbocycles. The van der Waals surface area contributed by atoms with Gasteiger partial charge in [0.05, 0.1) is 13.0 Å². The summed E-state index contributed by atoms with van der Waals surface area (Å²) in [5.41, 5.74) is 0. The Hall–Kier alpha value is -1.05. The van der Waals surface area contributed by atoms with Gasteiger partial charge in [-0.3, -0.25) is 4.79 Å². The second kappa shape index (κ2) is 18.3. The number of esters is 1. The maximum absolute atomic E-state index is 11.3. The lowest BCUT2D eigenvalue weighted by molar-refractivity contribution is -0.145. The normalized spacial score (nSPS) is 13.0. The lowest BCUT2D eigenvalue weighted by Gasteiger charge is -2.08. The van der Waals surface area contributed by atoms with E-state index in [-0.39, 0.29) is 11.9 Å². The minimum Gasteiger partial charge on any atom is -0.469 e. The Morgan fingerprint density at radius 3 is 1.96 bits per heavy atom. The molecule has 2 nitrogen and oxygen atoms in total. The Morgan fingerprint density at radius 1 is 0.833 bits per heavy atom. The minimum absolute atomic E-state index is 0.0563. The van der Waals surface area contributed by atoms with Crippen molar-refractivity contribution in [1.82, 2.24) is 0 Å². The Kier molecular flexibility index (Phi) is 17.5. The van der Waals surface area contributed by atoms with Gasteiger partial charge >= 0.3 is 5.97 Å². The SMILES string of the molecule is CCCCCC=CCC=CCCCCCCCCC(C)C(=O)OC. The van der Waals surface area contributed by atoms with E-state index < -0.39 is 0 Å². The Morgan fingerprint density at radius 2 is 1.38 bits per heavy atom. The highest BCUT2D eigenvalue weighted by Crippen LogP contribution is 2.13. The molecule has 0 amide bonds. The standard InChI is InChI=1S/C22H40O2/c1-4-5-6-7-8-9-10-11-12-13-14-15-16-17-18-19-20-21(2)22(23)24-3/h8-9,11-12,21H,4-7,10,13-20H2,1-3H3. The molecule has 140 valence electrons. The molecule has 0 rings (SSSR count). The Bertz CT molecular complexity index is 331. The predicted octanol–water partition coefficient (Wildman–Crippen LogP) is 7.00. The zero-order valence-electron chi connectivity index (χ0n) is 16.4. The molecule has 24 heavy (non-hydrogen) atoms. The number of rotatable bonds is 16. The molecule has 1 atom stereocenters. The van der Waals surface area contributed by atoms with Gasteiger partial charge in [0.25, 0.3) is 0 Å². The number of carbonyl (C=O) groups excluding carboxylic acids is 1. The molecule has 0 saturated heterocycles. The van der Waals surface area contributed by atoms with Crippen LogP contribution < -0.4 is 0 Å². The number of unbranched alkanes of at least 4 members (excludes halogenated alkanes) is 9. The molecule has 0 bridgehead atoms. The first kappa shape index (κ1) is 22.9. The van der Waals surface area contributed by atoms with Gasteiger partial charge in [0.1, 0.15) is 0 Å². The number of carbonyl (C=O) groups is 1. The van der Waals surface area contributed by atoms with E-state index in [1.807, 2.05) is 6.92 Å². The molecule has 2 heteroatoms. The maximum Gasteiger partial charge on any atom is 0.308 e. The van der Waals surface area contributed by atoms with Crippen molar-refractivity contribution in [2.45, 2.75) is 97.3 Å². The Labute approximate surface area is 150 Å². The van der Waals surface area contributed by atoms with Crippen LogP contribution in [0.2, 0.25) is 0 Å². The van der Waals surface area contributed by atoms with Gasteiger partial charge in [0.2, 0.25) is 0 Å². The van der Waals surface area contributed by atoms with Crippen LogP contribution in [0.1, 0.15) is 97.3 Å². The highest BCUT2D eigenvalue weighted by atomic mass is 16.5. The molecule has 0 aliphatic heterocycles. The first-order chi connectivity index (χ1) is 11.7. The zero-order valence-corrected chi connectivity index (χ0v) is 16.4. The van der Waals surface area contributed by atoms with Gasteiger partial charge in [-0.25, -0.2) is 0 Å². The molecule has 0 heterocycles. The average Bonchev–Trinajstić information content (AvgIpc) is 2.60. The topological polar surface area (TPSA) is 26.3 Å². The van der Waals surface area contributed by atoms with Crippen molar-refractivity contribution in [2.75, 3.05) is 7.11 Å². The first-order valence-corrected chi connectivity index (χ1v) is 10.1. The van der Waals surface area contributed by atoms with Gasteiger partial charge in [-0.1, -0.05) is 83.1 Å². The minimum atomic E-state index is -0.0717. The molecule has 0 N–H and O–H groups in total. The summed E-state index contributed by atoms with van der Waals surface area (Å²) in [5, 5.41) is 0. The van der Waals surface area contributed by atoms with Crippen molar-refractivity contribution in [1.29, 1.82) is 0 Å². The molecule has 0 fully saturated rings. The van der Waals surface area contributed by atoms with Crippen molar-refractivity contribution in [3.05, 3.63) is 24.3 Å². The molecule has 0 radical (unpaired) electrons. The molecule has 0 aliphatic rings. The Balaban J connectivity index is 3.27. The number of allylic oxidation sites excluding steroid dienone is 4. The number of hydrogen-bond donors (Lipinski definition) is 0. The summed E-state index contributed by atoms with van der Waals surface area (Å²) in [5.74, 6) is -0.0153. The number of methoxy groups -OCH3 is 1. The van der Waals surface area contributed by atoms with E-state index in [0.717, 1.165) is 19.3 Å². The lowest BCUT2D eigenvalue weighted by Crippen LogP contribution is -2.12. The van der Waals surface area contributed by atoms with Crippen LogP contribution in [0, 0.1) is 5.92 Å². The molecule has 0 aromatic rings. The third-order valence-corrected chi connectivity index (χ3v) is 4.44. The van der Waals surface area contributed by atoms with E-state index in [2.05, 4.69) is 31.2 Å². The van der Waals surface area contributed by atoms with Crippen molar-refractivity contribution >= 4 is 5.97 Å². The van der Waals surface area contributed by atoms with E-state index in [9.17, 15) is 4.79 Å². The highest BCUT2D eigenvalue weighted by Gasteiger charge is 2.11. The van der Waals surface area contributed by atoms with Gasteiger partial charge in [-0.15, -0.1) is 0 Å². The predicted molar refractivity (Wildman–Crippen MR) is 105 cm³/mol. The smallest absolute Gasteiger partial charge is 0.308 e. The summed E-state index contributed by atoms with van der Waals surface area (Å²) in [4.78, 5) is 11.3. The summed E-state index contributed by atoms with van der Waals surface area (Å²) in [6.45, 7) is 4.21. The summed E-state index contributed by atoms with van der Waals surface area (Å²) in [6, 6.07) is 0. The van der Waals surface area contributed by atoms with Gasteiger partial charge in [0, 0.05) is 0 Å². The van der Waals surface area contributed by atoms with Crippen molar-refractivity contribution < 1.29 is 9.53 Å². The lowest BCUT2D eigenvalue weighted by atomic mass is 10.0. The highest BCUT2D eigenvalue weighted by molar-refractivity contribution is 5.71. The van der Waals surface area contributed by atoms with Crippen LogP contribution in [0.5, 0.6) is 0 Å². The molecule has 0 aromatic carbocycles. The quantitative estimate of drug-likeness (QED) is 0.172. The molecule has 0 spiro atoms. The molecule has 1 unspecified atom stereocenters. The van der Waals surface area contributed by atoms with Crippen LogP contribution in [-0.4, -0.2) is 13.1 Å². The van der Waals surface area contributed by atoms with Gasteiger partial charge in [0.15, 0.2) is 0 Å². The summed E-state index contributed by atoms with van der Waals surface area (Å²) in [7, 11) is 1.47. The zero-order chi connectivity index (χ0) is 17.9. The summed E-state index contributed by atoms with van der Waals surface area (Å²) < 4.78 is 4.74. The van der Waals surface area contributed by atoms with Gasteiger partial charge in [-0.2, -0.15) is 0 Å². The monoisotopic (exact) mass is 336 g/mol. The molecule has 0 aromatic heterocycles. The summed E-state index contributed by atoms with van der Waals surface area (Å²) in [6.07, 6.45) is 25.3. The second-order valence-corrected chi connectivity index (χ2v) is 6.80. The van der Waals surface area contributed by atoms with Crippen LogP contribution in [0.3, 0.4) is 0 Å². The van der Waals surface area contributed by atoms with Crippen LogP contribution in [0.15, 0.2) is 24.3 Å². The van der Waals surface area contributed by atoms with Gasteiger partial charge < -0.3 is 4.74 Å².